The number of hydrogen-bond donors (Lipinski definition) is 0. The average molecular weight is 339 g/mol. The molecular weight excluding hydrogens is 320 g/mol. The molecule has 5 nitrogen and oxygen atoms in total. The summed E-state index contributed by atoms with van der Waals surface area (Å²) in [4.78, 5) is 11.0. The molecule has 1 aliphatic rings. The van der Waals surface area contributed by atoms with Gasteiger partial charge in [0, 0.05) is 29.9 Å². The highest BCUT2D eigenvalue weighted by atomic mass is 35.5. The van der Waals surface area contributed by atoms with Gasteiger partial charge in [0.2, 0.25) is 0 Å². The summed E-state index contributed by atoms with van der Waals surface area (Å²) in [5.41, 5.74) is 0.779. The van der Waals surface area contributed by atoms with Gasteiger partial charge in [-0.05, 0) is 45.1 Å². The number of piperidine rings is 1. The first-order chi connectivity index (χ1) is 10.5. The molecule has 22 heavy (non-hydrogen) atoms. The van der Waals surface area contributed by atoms with E-state index in [2.05, 4.69) is 21.9 Å². The Morgan fingerprint density at radius 3 is 2.77 bits per heavy atom. The van der Waals surface area contributed by atoms with Crippen LogP contribution in [0.25, 0.3) is 10.9 Å². The molecule has 0 aliphatic carbocycles. The lowest BCUT2D eigenvalue weighted by atomic mass is 10.1. The molecule has 2 aromatic rings. The van der Waals surface area contributed by atoms with Gasteiger partial charge in [0.1, 0.15) is 22.0 Å². The molecule has 2 aromatic heterocycles. The molecule has 0 spiro atoms. The molecule has 1 saturated heterocycles. The number of anilines is 1. The summed E-state index contributed by atoms with van der Waals surface area (Å²) < 4.78 is 14.2. The number of hydrogen-bond acceptors (Lipinski definition) is 4. The monoisotopic (exact) mass is 338 g/mol. The van der Waals surface area contributed by atoms with Crippen LogP contribution in [0.5, 0.6) is 0 Å². The van der Waals surface area contributed by atoms with Crippen molar-refractivity contribution in [3.8, 4) is 0 Å². The highest BCUT2D eigenvalue weighted by Gasteiger charge is 2.26. The van der Waals surface area contributed by atoms with Gasteiger partial charge >= 0.3 is 0 Å². The maximum absolute atomic E-state index is 12.3. The van der Waals surface area contributed by atoms with Crippen LogP contribution in [0, 0.1) is 0 Å². The van der Waals surface area contributed by atoms with E-state index in [1.54, 1.807) is 18.5 Å². The fourth-order valence-electron chi connectivity index (χ4n) is 2.86. The summed E-state index contributed by atoms with van der Waals surface area (Å²) >= 11 is 5.95. The predicted molar refractivity (Wildman–Crippen MR) is 91.6 cm³/mol. The van der Waals surface area contributed by atoms with Gasteiger partial charge in [-0.2, -0.15) is 0 Å². The summed E-state index contributed by atoms with van der Waals surface area (Å²) in [5.74, 6) is 0.741. The van der Waals surface area contributed by atoms with Crippen molar-refractivity contribution < 1.29 is 4.21 Å². The lowest BCUT2D eigenvalue weighted by Crippen LogP contribution is -2.44. The summed E-state index contributed by atoms with van der Waals surface area (Å²) in [5, 5.41) is 1.35. The van der Waals surface area contributed by atoms with Gasteiger partial charge in [0.25, 0.3) is 0 Å². The summed E-state index contributed by atoms with van der Waals surface area (Å²) in [6.45, 7) is 2.03. The van der Waals surface area contributed by atoms with Crippen LogP contribution in [0.3, 0.4) is 0 Å². The van der Waals surface area contributed by atoms with Crippen LogP contribution in [-0.4, -0.2) is 51.5 Å². The molecule has 0 radical (unpaired) electrons. The quantitative estimate of drug-likeness (QED) is 0.807. The van der Waals surface area contributed by atoms with E-state index < -0.39 is 11.0 Å². The highest BCUT2D eigenvalue weighted by Crippen LogP contribution is 2.25. The molecule has 1 fully saturated rings. The van der Waals surface area contributed by atoms with Crippen LogP contribution >= 0.6 is 11.6 Å². The molecular formula is C15H19ClN4OS. The Balaban J connectivity index is 1.96. The van der Waals surface area contributed by atoms with E-state index in [-0.39, 0.29) is 6.04 Å². The Morgan fingerprint density at radius 1 is 1.36 bits per heavy atom. The average Bonchev–Trinajstić information content (AvgIpc) is 2.49. The van der Waals surface area contributed by atoms with Crippen molar-refractivity contribution in [3.63, 3.8) is 0 Å². The van der Waals surface area contributed by atoms with Crippen molar-refractivity contribution >= 4 is 39.3 Å². The normalized spacial score (nSPS) is 18.5. The molecule has 0 bridgehead atoms. The Labute approximate surface area is 137 Å². The van der Waals surface area contributed by atoms with Gasteiger partial charge in [0.05, 0.1) is 5.52 Å². The molecule has 3 rings (SSSR count). The minimum absolute atomic E-state index is 0.254. The minimum Gasteiger partial charge on any atom is -0.306 e. The fourth-order valence-corrected chi connectivity index (χ4v) is 4.01. The largest absolute Gasteiger partial charge is 0.306 e. The van der Waals surface area contributed by atoms with Gasteiger partial charge in [0.15, 0.2) is 0 Å². The van der Waals surface area contributed by atoms with Crippen LogP contribution < -0.4 is 4.31 Å². The second-order valence-corrected chi connectivity index (χ2v) is 7.28. The third-order valence-corrected chi connectivity index (χ3v) is 5.29. The van der Waals surface area contributed by atoms with Crippen molar-refractivity contribution in [2.24, 2.45) is 0 Å². The number of pyridine rings is 2. The third kappa shape index (κ3) is 3.24. The van der Waals surface area contributed by atoms with Crippen molar-refractivity contribution in [1.29, 1.82) is 0 Å². The number of fused-ring (bicyclic) bond motifs is 1. The van der Waals surface area contributed by atoms with E-state index in [1.165, 1.54) is 0 Å². The van der Waals surface area contributed by atoms with Crippen molar-refractivity contribution in [3.05, 3.63) is 29.5 Å². The number of halogens is 1. The molecule has 0 amide bonds. The maximum atomic E-state index is 12.3. The van der Waals surface area contributed by atoms with E-state index in [9.17, 15) is 4.21 Å². The predicted octanol–water partition coefficient (Wildman–Crippen LogP) is 2.48. The molecule has 3 heterocycles. The van der Waals surface area contributed by atoms with Gasteiger partial charge in [-0.25, -0.2) is 14.2 Å². The van der Waals surface area contributed by atoms with Gasteiger partial charge in [-0.1, -0.05) is 11.6 Å². The SMILES string of the molecule is CN1CCC(N(c2ccc3cnc(Cl)cc3n2)S(C)=O)CC1. The smallest absolute Gasteiger partial charge is 0.141 e. The summed E-state index contributed by atoms with van der Waals surface area (Å²) in [6, 6.07) is 5.86. The molecule has 0 N–H and O–H groups in total. The highest BCUT2D eigenvalue weighted by molar-refractivity contribution is 7.85. The second kappa shape index (κ2) is 6.48. The molecule has 1 atom stereocenters. The van der Waals surface area contributed by atoms with E-state index in [4.69, 9.17) is 11.6 Å². The van der Waals surface area contributed by atoms with Crippen molar-refractivity contribution in [2.75, 3.05) is 30.7 Å². The Kier molecular flexibility index (Phi) is 4.61. The molecule has 0 aromatic carbocycles. The van der Waals surface area contributed by atoms with Gasteiger partial charge in [-0.15, -0.1) is 0 Å². The minimum atomic E-state index is -1.11. The number of nitrogens with zero attached hydrogens (tertiary/aromatic N) is 4. The first-order valence-corrected chi connectivity index (χ1v) is 9.17. The Bertz CT molecular complexity index is 703. The lowest BCUT2D eigenvalue weighted by Gasteiger charge is -2.36. The van der Waals surface area contributed by atoms with Crippen LogP contribution in [0.4, 0.5) is 5.82 Å². The zero-order chi connectivity index (χ0) is 15.7. The number of aromatic nitrogens is 2. The Morgan fingerprint density at radius 2 is 2.09 bits per heavy atom. The molecule has 1 unspecified atom stereocenters. The van der Waals surface area contributed by atoms with E-state index >= 15 is 0 Å². The van der Waals surface area contributed by atoms with E-state index in [0.29, 0.717) is 5.15 Å². The summed E-state index contributed by atoms with van der Waals surface area (Å²) in [7, 11) is 1.01. The van der Waals surface area contributed by atoms with Crippen LogP contribution in [0.1, 0.15) is 12.8 Å². The molecule has 118 valence electrons. The first-order valence-electron chi connectivity index (χ1n) is 7.28. The van der Waals surface area contributed by atoms with Crippen LogP contribution in [-0.2, 0) is 11.0 Å². The molecule has 7 heteroatoms. The topological polar surface area (TPSA) is 49.3 Å². The van der Waals surface area contributed by atoms with Crippen LogP contribution in [0.2, 0.25) is 5.15 Å². The Hall–Kier alpha value is -1.24. The van der Waals surface area contributed by atoms with E-state index in [1.807, 2.05) is 16.4 Å². The fraction of sp³-hybridized carbons (Fsp3) is 0.467. The zero-order valence-corrected chi connectivity index (χ0v) is 14.3. The molecule has 0 saturated carbocycles. The number of rotatable bonds is 3. The van der Waals surface area contributed by atoms with Crippen LogP contribution in [0.15, 0.2) is 24.4 Å². The van der Waals surface area contributed by atoms with Crippen molar-refractivity contribution in [2.45, 2.75) is 18.9 Å². The van der Waals surface area contributed by atoms with Gasteiger partial charge < -0.3 is 4.90 Å². The van der Waals surface area contributed by atoms with E-state index in [0.717, 1.165) is 42.7 Å². The third-order valence-electron chi connectivity index (χ3n) is 4.05. The lowest BCUT2D eigenvalue weighted by molar-refractivity contribution is 0.258. The number of likely N-dealkylation sites (tertiary alicyclic amines) is 1. The molecule has 1 aliphatic heterocycles. The van der Waals surface area contributed by atoms with Gasteiger partial charge in [-0.3, -0.25) is 4.31 Å². The first kappa shape index (κ1) is 15.6. The zero-order valence-electron chi connectivity index (χ0n) is 12.7. The standard InChI is InChI=1S/C15H19ClN4OS/c1-19-7-5-12(6-8-19)20(22(2)21)15-4-3-11-10-17-14(16)9-13(11)18-15/h3-4,9-10,12H,5-8H2,1-2H3. The summed E-state index contributed by atoms with van der Waals surface area (Å²) in [6.07, 6.45) is 5.40. The second-order valence-electron chi connectivity index (χ2n) is 5.65. The maximum Gasteiger partial charge on any atom is 0.141 e. The van der Waals surface area contributed by atoms with Crippen molar-refractivity contribution in [1.82, 2.24) is 14.9 Å².